The summed E-state index contributed by atoms with van der Waals surface area (Å²) in [4.78, 5) is 8.80. The van der Waals surface area contributed by atoms with E-state index in [9.17, 15) is 0 Å². The second-order valence-electron chi connectivity index (χ2n) is 14.0. The Bertz CT molecular complexity index is 2440. The summed E-state index contributed by atoms with van der Waals surface area (Å²) in [7, 11) is 0. The molecule has 0 N–H and O–H groups in total. The van der Waals surface area contributed by atoms with Crippen molar-refractivity contribution in [2.75, 3.05) is 0 Å². The van der Waals surface area contributed by atoms with Crippen LogP contribution in [0.2, 0.25) is 0 Å². The molecular weight excluding hydrogens is 857 g/mol. The molecule has 2 aromatic heterocycles. The molecule has 6 aromatic rings. The molecule has 0 aliphatic heterocycles. The Labute approximate surface area is 359 Å². The van der Waals surface area contributed by atoms with E-state index < -0.39 is 0 Å². The Morgan fingerprint density at radius 2 is 1.39 bits per heavy atom. The van der Waals surface area contributed by atoms with Crippen molar-refractivity contribution >= 4 is 0 Å². The van der Waals surface area contributed by atoms with Crippen molar-refractivity contribution < 1.29 is 31.5 Å². The molecule has 1 radical (unpaired) electrons. The van der Waals surface area contributed by atoms with E-state index in [0.29, 0.717) is 0 Å². The summed E-state index contributed by atoms with van der Waals surface area (Å²) in [6.07, 6.45) is 14.4. The molecule has 0 spiro atoms. The molecule has 0 bridgehead atoms. The largest absolute Gasteiger partial charge is 0.305 e. The summed E-state index contributed by atoms with van der Waals surface area (Å²) in [6.45, 7) is 10.0. The minimum absolute atomic E-state index is 0. The van der Waals surface area contributed by atoms with E-state index in [1.165, 1.54) is 65.5 Å². The van der Waals surface area contributed by atoms with Gasteiger partial charge in [0, 0.05) is 49.3 Å². The number of allylic oxidation sites excluding steroid dienone is 1. The number of nitrogens with zero attached hydrogens (tertiary/aromatic N) is 2. The van der Waals surface area contributed by atoms with Crippen LogP contribution in [0, 0.1) is 26.0 Å². The van der Waals surface area contributed by atoms with E-state index in [0.717, 1.165) is 46.5 Å². The van der Waals surface area contributed by atoms with E-state index in [2.05, 4.69) is 157 Å². The van der Waals surface area contributed by atoms with Gasteiger partial charge in [0.1, 0.15) is 0 Å². The summed E-state index contributed by atoms with van der Waals surface area (Å²) >= 11 is 0. The van der Waals surface area contributed by atoms with Crippen molar-refractivity contribution in [3.05, 3.63) is 203 Å². The maximum Gasteiger partial charge on any atom is 0.0474 e. The number of unbranched alkanes of at least 4 members (excludes halogenated alkanes) is 5. The zero-order valence-corrected chi connectivity index (χ0v) is 34.9. The number of hydrogen-bond acceptors (Lipinski definition) is 2. The molecule has 3 heteroatoms. The molecular formula is C53H62IrN2-2. The van der Waals surface area contributed by atoms with Crippen LogP contribution >= 0.6 is 0 Å². The molecule has 1 aliphatic rings. The van der Waals surface area contributed by atoms with Crippen LogP contribution in [-0.2, 0) is 25.5 Å². The van der Waals surface area contributed by atoms with Gasteiger partial charge in [-0.25, -0.2) is 0 Å². The van der Waals surface area contributed by atoms with E-state index in [1.807, 2.05) is 48.7 Å². The van der Waals surface area contributed by atoms with E-state index >= 15 is 0 Å². The van der Waals surface area contributed by atoms with Crippen molar-refractivity contribution in [2.24, 2.45) is 0 Å². The fraction of sp³-hybridized carbons (Fsp3) is 0.208. The number of hydrogen-bond donors (Lipinski definition) is 0. The topological polar surface area (TPSA) is 25.8 Å². The average molecular weight is 919 g/mol. The number of pyridine rings is 2. The fourth-order valence-electron chi connectivity index (χ4n) is 7.18. The maximum absolute atomic E-state index is 4.58. The smallest absolute Gasteiger partial charge is 0.0474 e. The van der Waals surface area contributed by atoms with Gasteiger partial charge in [0.2, 0.25) is 0 Å². The third-order valence-electron chi connectivity index (χ3n) is 10.0. The van der Waals surface area contributed by atoms with Gasteiger partial charge in [-0.05, 0) is 101 Å². The predicted octanol–water partition coefficient (Wildman–Crippen LogP) is 15.5. The van der Waals surface area contributed by atoms with Crippen molar-refractivity contribution in [1.82, 2.24) is 9.97 Å². The van der Waals surface area contributed by atoms with E-state index in [1.54, 1.807) is 6.20 Å². The summed E-state index contributed by atoms with van der Waals surface area (Å²) in [6, 6.07) is 44.6. The summed E-state index contributed by atoms with van der Waals surface area (Å²) in [5.74, 6) is 0. The van der Waals surface area contributed by atoms with Crippen LogP contribution in [0.5, 0.6) is 0 Å². The second kappa shape index (κ2) is 20.8. The number of aromatic nitrogens is 2. The van der Waals surface area contributed by atoms with Gasteiger partial charge in [-0.2, -0.15) is 0 Å². The average Bonchev–Trinajstić information content (AvgIpc) is 3.49. The van der Waals surface area contributed by atoms with Crippen LogP contribution in [0.25, 0.3) is 44.8 Å². The molecule has 7 rings (SSSR count). The molecule has 0 saturated carbocycles. The van der Waals surface area contributed by atoms with E-state index in [4.69, 9.17) is 0 Å². The normalized spacial score (nSPS) is 13.0. The number of benzene rings is 4. The first-order valence-corrected chi connectivity index (χ1v) is 19.2. The maximum atomic E-state index is 4.58. The molecule has 1 unspecified atom stereocenters. The van der Waals surface area contributed by atoms with Crippen LogP contribution in [0.1, 0.15) is 85.5 Å². The number of fused-ring (bicyclic) bond motifs is 3. The first kappa shape index (κ1) is 41.4. The molecule has 2 nitrogen and oxygen atoms in total. The molecule has 1 atom stereocenters. The Balaban J connectivity index is -0.000000746. The van der Waals surface area contributed by atoms with Crippen LogP contribution in [0.3, 0.4) is 0 Å². The zero-order chi connectivity index (χ0) is 38.3. The first-order valence-electron chi connectivity index (χ1n) is 19.2. The summed E-state index contributed by atoms with van der Waals surface area (Å²) in [5.41, 5.74) is 30.9. The van der Waals surface area contributed by atoms with Gasteiger partial charge in [0.05, 0.1) is 0 Å². The molecule has 295 valence electrons. The fourth-order valence-corrected chi connectivity index (χ4v) is 7.18. The molecule has 56 heavy (non-hydrogen) atoms. The summed E-state index contributed by atoms with van der Waals surface area (Å²) < 4.78 is 0. The second-order valence-corrected chi connectivity index (χ2v) is 14.0. The quantitative estimate of drug-likeness (QED) is 0.0735. The molecule has 4 aromatic carbocycles. The van der Waals surface area contributed by atoms with Crippen molar-refractivity contribution in [3.63, 3.8) is 0 Å². The van der Waals surface area contributed by atoms with Crippen molar-refractivity contribution in [1.29, 1.82) is 0 Å². The molecule has 2 heterocycles. The standard InChI is InChI=1S/C42H38N.C11H8N.Ir.8H2/c1-5-7-9-11-13-15-27-42(28-16-14-12-10-8-6-2)39-29-32(3)17-24-37(39)38-25-23-36(30-40(38)42)34-19-21-35(22-20-34)41-26-18-33(4)31-43-41;1-2-6-10(7-3-1)11-8-4-5-9-12-11;;;;;;;;;/h17-21,23-27,29-31H,1,6,8,10,12,14,16,28H2,2-4H3;1-6,8-9H;;8*1H/q2*-1;;;;;;;;;. The van der Waals surface area contributed by atoms with Crippen LogP contribution in [0.15, 0.2) is 169 Å². The monoisotopic (exact) mass is 919 g/mol. The van der Waals surface area contributed by atoms with Gasteiger partial charge >= 0.3 is 0 Å². The Hall–Kier alpha value is -5.75. The van der Waals surface area contributed by atoms with Crippen LogP contribution < -0.4 is 0 Å². The molecule has 0 saturated heterocycles. The minimum atomic E-state index is -0.306. The van der Waals surface area contributed by atoms with Crippen LogP contribution in [0.4, 0.5) is 0 Å². The van der Waals surface area contributed by atoms with Gasteiger partial charge in [0.25, 0.3) is 0 Å². The third kappa shape index (κ3) is 10.3. The molecule has 1 aliphatic carbocycles. The Kier molecular flexibility index (Phi) is 15.4. The van der Waals surface area contributed by atoms with Gasteiger partial charge in [-0.1, -0.05) is 134 Å². The Morgan fingerprint density at radius 3 is 2.11 bits per heavy atom. The summed E-state index contributed by atoms with van der Waals surface area (Å²) in [5, 5.41) is 0. The predicted molar refractivity (Wildman–Crippen MR) is 244 cm³/mol. The first-order chi connectivity index (χ1) is 27.0. The van der Waals surface area contributed by atoms with Crippen LogP contribution in [-0.4, -0.2) is 9.97 Å². The van der Waals surface area contributed by atoms with Gasteiger partial charge in [0.15, 0.2) is 0 Å². The minimum Gasteiger partial charge on any atom is -0.305 e. The SMILES string of the molecule is C=C=C=C=C=C=C=CC1(CCCCCCCC)c2cc(C)ccc2-c2ccc(-c3c[c-]c(-c4ccc(C)cn4)cc3)cc21.[HH].[HH].[HH].[HH].[HH].[HH].[HH].[HH].[Ir].[c-]1ccccc1-c1ccccn1. The zero-order valence-electron chi connectivity index (χ0n) is 32.5. The number of aryl methyl sites for hydroxylation is 2. The molecule has 0 amide bonds. The van der Waals surface area contributed by atoms with Gasteiger partial charge < -0.3 is 9.97 Å². The van der Waals surface area contributed by atoms with Gasteiger partial charge in [-0.3, -0.25) is 0 Å². The third-order valence-corrected chi connectivity index (χ3v) is 10.0. The van der Waals surface area contributed by atoms with Crippen molar-refractivity contribution in [3.8, 4) is 44.8 Å². The Morgan fingerprint density at radius 1 is 0.679 bits per heavy atom. The van der Waals surface area contributed by atoms with Gasteiger partial charge in [-0.15, -0.1) is 65.7 Å². The molecule has 0 fully saturated rings. The van der Waals surface area contributed by atoms with Crippen molar-refractivity contribution in [2.45, 2.75) is 71.1 Å². The number of rotatable bonds is 11. The van der Waals surface area contributed by atoms with E-state index in [-0.39, 0.29) is 36.9 Å².